The number of carbonyl (C=O) groups is 1. The molecule has 20 heavy (non-hydrogen) atoms. The summed E-state index contributed by atoms with van der Waals surface area (Å²) < 4.78 is 18.1. The fourth-order valence-corrected chi connectivity index (χ4v) is 1.55. The highest BCUT2D eigenvalue weighted by molar-refractivity contribution is 5.91. The lowest BCUT2D eigenvalue weighted by atomic mass is 10.1. The van der Waals surface area contributed by atoms with Gasteiger partial charge in [-0.3, -0.25) is 10.1 Å². The molecular weight excluding hydrogens is 267 g/mol. The minimum atomic E-state index is -0.974. The number of nitrogens with zero attached hydrogens (tertiary/aromatic N) is 1. The predicted octanol–water partition coefficient (Wildman–Crippen LogP) is 2.98. The summed E-state index contributed by atoms with van der Waals surface area (Å²) in [6.45, 7) is 4.46. The van der Waals surface area contributed by atoms with Crippen molar-refractivity contribution in [3.63, 3.8) is 0 Å². The highest BCUT2D eigenvalue weighted by Crippen LogP contribution is 2.28. The van der Waals surface area contributed by atoms with Gasteiger partial charge in [0.2, 0.25) is 0 Å². The Morgan fingerprint density at radius 3 is 2.70 bits per heavy atom. The van der Waals surface area contributed by atoms with Crippen LogP contribution in [0.4, 0.5) is 15.8 Å². The summed E-state index contributed by atoms with van der Waals surface area (Å²) in [6, 6.07) is 1.84. The Labute approximate surface area is 116 Å². The van der Waals surface area contributed by atoms with Gasteiger partial charge in [0.15, 0.2) is 0 Å². The Hall–Kier alpha value is -2.18. The number of halogens is 1. The number of hydrogen-bond acceptors (Lipinski definition) is 5. The lowest BCUT2D eigenvalue weighted by Crippen LogP contribution is -2.13. The lowest BCUT2D eigenvalue weighted by Gasteiger charge is -2.12. The number of anilines is 1. The normalized spacial score (nSPS) is 11.8. The van der Waals surface area contributed by atoms with Crippen LogP contribution >= 0.6 is 0 Å². The van der Waals surface area contributed by atoms with Crippen LogP contribution < -0.4 is 5.32 Å². The molecule has 0 heterocycles. The maximum Gasteiger partial charge on any atom is 0.340 e. The van der Waals surface area contributed by atoms with Gasteiger partial charge in [-0.05, 0) is 12.0 Å². The maximum atomic E-state index is 13.7. The molecule has 110 valence electrons. The van der Waals surface area contributed by atoms with E-state index < -0.39 is 22.4 Å². The SMILES string of the molecule is CCC(C)CNc1cc(C(=O)OC)c(F)cc1[N+](=O)[O-]. The van der Waals surface area contributed by atoms with E-state index in [0.717, 1.165) is 25.7 Å². The summed E-state index contributed by atoms with van der Waals surface area (Å²) in [5, 5.41) is 13.8. The molecule has 0 aliphatic rings. The molecule has 0 spiro atoms. The summed E-state index contributed by atoms with van der Waals surface area (Å²) in [7, 11) is 1.12. The molecule has 1 aromatic rings. The van der Waals surface area contributed by atoms with Crippen molar-refractivity contribution < 1.29 is 18.8 Å². The predicted molar refractivity (Wildman–Crippen MR) is 72.3 cm³/mol. The van der Waals surface area contributed by atoms with E-state index in [4.69, 9.17) is 0 Å². The molecule has 1 aromatic carbocycles. The first-order valence-electron chi connectivity index (χ1n) is 6.20. The van der Waals surface area contributed by atoms with Gasteiger partial charge in [0.1, 0.15) is 11.5 Å². The molecule has 0 saturated carbocycles. The maximum absolute atomic E-state index is 13.7. The van der Waals surface area contributed by atoms with Crippen LogP contribution in [0.1, 0.15) is 30.6 Å². The van der Waals surface area contributed by atoms with Crippen molar-refractivity contribution in [3.8, 4) is 0 Å². The summed E-state index contributed by atoms with van der Waals surface area (Å²) in [5.41, 5.74) is -0.625. The zero-order chi connectivity index (χ0) is 15.3. The van der Waals surface area contributed by atoms with Gasteiger partial charge in [-0.15, -0.1) is 0 Å². The van der Waals surface area contributed by atoms with Crippen molar-refractivity contribution in [2.75, 3.05) is 19.0 Å². The number of esters is 1. The number of ether oxygens (including phenoxy) is 1. The van der Waals surface area contributed by atoms with E-state index in [9.17, 15) is 19.3 Å². The van der Waals surface area contributed by atoms with E-state index >= 15 is 0 Å². The van der Waals surface area contributed by atoms with Gasteiger partial charge < -0.3 is 10.1 Å². The molecule has 0 fully saturated rings. The van der Waals surface area contributed by atoms with E-state index in [0.29, 0.717) is 12.5 Å². The Morgan fingerprint density at radius 2 is 2.20 bits per heavy atom. The van der Waals surface area contributed by atoms with Crippen LogP contribution in [-0.2, 0) is 4.74 Å². The molecular formula is C13H17FN2O4. The van der Waals surface area contributed by atoms with E-state index in [1.54, 1.807) is 0 Å². The summed E-state index contributed by atoms with van der Waals surface area (Å²) in [5.74, 6) is -1.55. The van der Waals surface area contributed by atoms with Crippen molar-refractivity contribution in [1.82, 2.24) is 0 Å². The Kier molecular flexibility index (Phi) is 5.42. The average molecular weight is 284 g/mol. The number of carbonyl (C=O) groups excluding carboxylic acids is 1. The fraction of sp³-hybridized carbons (Fsp3) is 0.462. The molecule has 0 aliphatic heterocycles. The van der Waals surface area contributed by atoms with E-state index in [1.165, 1.54) is 0 Å². The molecule has 0 bridgehead atoms. The Balaban J connectivity index is 3.16. The van der Waals surface area contributed by atoms with Gasteiger partial charge in [0.05, 0.1) is 23.7 Å². The Morgan fingerprint density at radius 1 is 1.55 bits per heavy atom. The smallest absolute Gasteiger partial charge is 0.340 e. The molecule has 1 unspecified atom stereocenters. The highest BCUT2D eigenvalue weighted by atomic mass is 19.1. The second-order valence-electron chi connectivity index (χ2n) is 4.49. The largest absolute Gasteiger partial charge is 0.465 e. The minimum Gasteiger partial charge on any atom is -0.465 e. The fourth-order valence-electron chi connectivity index (χ4n) is 1.55. The molecule has 6 nitrogen and oxygen atoms in total. The van der Waals surface area contributed by atoms with Gasteiger partial charge in [-0.1, -0.05) is 20.3 Å². The molecule has 0 amide bonds. The zero-order valence-electron chi connectivity index (χ0n) is 11.6. The second kappa shape index (κ2) is 6.83. The third-order valence-corrected chi connectivity index (χ3v) is 3.03. The van der Waals surface area contributed by atoms with Crippen LogP contribution in [0.3, 0.4) is 0 Å². The number of rotatable bonds is 6. The molecule has 0 radical (unpaired) electrons. The molecule has 1 atom stereocenters. The average Bonchev–Trinajstić information content (AvgIpc) is 2.44. The lowest BCUT2D eigenvalue weighted by molar-refractivity contribution is -0.384. The second-order valence-corrected chi connectivity index (χ2v) is 4.49. The number of hydrogen-bond donors (Lipinski definition) is 1. The monoisotopic (exact) mass is 284 g/mol. The molecule has 0 aliphatic carbocycles. The van der Waals surface area contributed by atoms with Crippen LogP contribution in [0, 0.1) is 21.8 Å². The molecule has 1 rings (SSSR count). The van der Waals surface area contributed by atoms with Crippen molar-refractivity contribution in [2.45, 2.75) is 20.3 Å². The van der Waals surface area contributed by atoms with Gasteiger partial charge in [0.25, 0.3) is 5.69 Å². The van der Waals surface area contributed by atoms with Crippen LogP contribution in [0.15, 0.2) is 12.1 Å². The number of methoxy groups -OCH3 is 1. The topological polar surface area (TPSA) is 81.5 Å². The summed E-state index contributed by atoms with van der Waals surface area (Å²) >= 11 is 0. The standard InChI is InChI=1S/C13H17FN2O4/c1-4-8(2)7-15-11-5-9(13(17)20-3)10(14)6-12(11)16(18)19/h5-6,8,15H,4,7H2,1-3H3. The number of nitrogens with one attached hydrogen (secondary N) is 1. The van der Waals surface area contributed by atoms with Gasteiger partial charge in [0, 0.05) is 6.54 Å². The molecule has 1 N–H and O–H groups in total. The molecule has 7 heteroatoms. The first-order chi connectivity index (χ1) is 9.40. The molecule has 0 saturated heterocycles. The van der Waals surface area contributed by atoms with Crippen LogP contribution in [0.2, 0.25) is 0 Å². The first-order valence-corrected chi connectivity index (χ1v) is 6.20. The van der Waals surface area contributed by atoms with Crippen LogP contribution in [-0.4, -0.2) is 24.5 Å². The van der Waals surface area contributed by atoms with E-state index in [-0.39, 0.29) is 11.3 Å². The summed E-state index contributed by atoms with van der Waals surface area (Å²) in [4.78, 5) is 21.6. The minimum absolute atomic E-state index is 0.108. The van der Waals surface area contributed by atoms with Crippen molar-refractivity contribution in [2.24, 2.45) is 5.92 Å². The Bertz CT molecular complexity index is 519. The third kappa shape index (κ3) is 3.66. The van der Waals surface area contributed by atoms with E-state index in [2.05, 4.69) is 10.1 Å². The molecule has 0 aromatic heterocycles. The van der Waals surface area contributed by atoms with Crippen LogP contribution in [0.5, 0.6) is 0 Å². The summed E-state index contributed by atoms with van der Waals surface area (Å²) in [6.07, 6.45) is 0.895. The van der Waals surface area contributed by atoms with Gasteiger partial charge in [-0.2, -0.15) is 0 Å². The quantitative estimate of drug-likeness (QED) is 0.493. The highest BCUT2D eigenvalue weighted by Gasteiger charge is 2.22. The van der Waals surface area contributed by atoms with Crippen molar-refractivity contribution >= 4 is 17.3 Å². The van der Waals surface area contributed by atoms with E-state index in [1.807, 2.05) is 13.8 Å². The van der Waals surface area contributed by atoms with Crippen molar-refractivity contribution in [1.29, 1.82) is 0 Å². The third-order valence-electron chi connectivity index (χ3n) is 3.03. The number of nitro benzene ring substituents is 1. The van der Waals surface area contributed by atoms with Gasteiger partial charge >= 0.3 is 5.97 Å². The number of benzene rings is 1. The number of nitro groups is 1. The first kappa shape index (κ1) is 15.9. The van der Waals surface area contributed by atoms with Crippen LogP contribution in [0.25, 0.3) is 0 Å². The zero-order valence-corrected chi connectivity index (χ0v) is 11.6. The van der Waals surface area contributed by atoms with Gasteiger partial charge in [-0.25, -0.2) is 9.18 Å². The van der Waals surface area contributed by atoms with Crippen molar-refractivity contribution in [3.05, 3.63) is 33.6 Å².